The Morgan fingerprint density at radius 2 is 2.12 bits per heavy atom. The Kier molecular flexibility index (Phi) is 4.78. The Balaban J connectivity index is 3.13. The van der Waals surface area contributed by atoms with E-state index >= 15 is 0 Å². The molecule has 0 aliphatic heterocycles. The SMILES string of the molecule is CCNC(C(=O)O)c1ccc(OC)cc1OC. The van der Waals surface area contributed by atoms with Crippen LogP contribution in [0.2, 0.25) is 0 Å². The van der Waals surface area contributed by atoms with Gasteiger partial charge in [0.1, 0.15) is 17.5 Å². The van der Waals surface area contributed by atoms with E-state index in [1.165, 1.54) is 7.11 Å². The van der Waals surface area contributed by atoms with E-state index in [2.05, 4.69) is 5.32 Å². The monoisotopic (exact) mass is 239 g/mol. The molecule has 2 N–H and O–H groups in total. The molecular formula is C12H17NO4. The Hall–Kier alpha value is -1.75. The predicted octanol–water partition coefficient (Wildman–Crippen LogP) is 1.44. The Bertz CT molecular complexity index is 392. The average molecular weight is 239 g/mol. The summed E-state index contributed by atoms with van der Waals surface area (Å²) in [4.78, 5) is 11.2. The maximum absolute atomic E-state index is 11.2. The summed E-state index contributed by atoms with van der Waals surface area (Å²) in [5.74, 6) is 0.194. The van der Waals surface area contributed by atoms with Crippen molar-refractivity contribution in [3.05, 3.63) is 23.8 Å². The number of methoxy groups -OCH3 is 2. The van der Waals surface area contributed by atoms with Crippen molar-refractivity contribution in [2.45, 2.75) is 13.0 Å². The number of ether oxygens (including phenoxy) is 2. The predicted molar refractivity (Wildman–Crippen MR) is 63.6 cm³/mol. The molecule has 0 fully saturated rings. The summed E-state index contributed by atoms with van der Waals surface area (Å²) in [6, 6.07) is 4.30. The Labute approximate surface area is 100 Å². The van der Waals surface area contributed by atoms with Gasteiger partial charge in [0.15, 0.2) is 0 Å². The van der Waals surface area contributed by atoms with Crippen molar-refractivity contribution in [2.24, 2.45) is 0 Å². The highest BCUT2D eigenvalue weighted by Crippen LogP contribution is 2.29. The number of carbonyl (C=O) groups is 1. The van der Waals surface area contributed by atoms with E-state index in [-0.39, 0.29) is 0 Å². The normalized spacial score (nSPS) is 11.9. The first-order chi connectivity index (χ1) is 8.13. The molecule has 0 radical (unpaired) electrons. The van der Waals surface area contributed by atoms with Crippen molar-refractivity contribution in [1.29, 1.82) is 0 Å². The summed E-state index contributed by atoms with van der Waals surface area (Å²) in [5, 5.41) is 12.0. The molecule has 1 aromatic rings. The van der Waals surface area contributed by atoms with E-state index in [1.807, 2.05) is 6.92 Å². The molecule has 0 aliphatic carbocycles. The van der Waals surface area contributed by atoms with Gasteiger partial charge in [-0.2, -0.15) is 0 Å². The Morgan fingerprint density at radius 3 is 2.59 bits per heavy atom. The topological polar surface area (TPSA) is 67.8 Å². The summed E-state index contributed by atoms with van der Waals surface area (Å²) in [5.41, 5.74) is 0.586. The molecule has 1 unspecified atom stereocenters. The molecule has 1 aromatic carbocycles. The molecule has 0 aromatic heterocycles. The van der Waals surface area contributed by atoms with Gasteiger partial charge in [-0.05, 0) is 18.7 Å². The number of aliphatic carboxylic acids is 1. The van der Waals surface area contributed by atoms with E-state index < -0.39 is 12.0 Å². The van der Waals surface area contributed by atoms with Crippen LogP contribution in [0.1, 0.15) is 18.5 Å². The van der Waals surface area contributed by atoms with Crippen molar-refractivity contribution >= 4 is 5.97 Å². The number of benzene rings is 1. The second kappa shape index (κ2) is 6.10. The van der Waals surface area contributed by atoms with E-state index in [0.717, 1.165) is 0 Å². The van der Waals surface area contributed by atoms with Crippen LogP contribution in [0.3, 0.4) is 0 Å². The third kappa shape index (κ3) is 3.10. The van der Waals surface area contributed by atoms with Crippen LogP contribution in [0, 0.1) is 0 Å². The number of rotatable bonds is 6. The van der Waals surface area contributed by atoms with Gasteiger partial charge in [-0.25, -0.2) is 0 Å². The van der Waals surface area contributed by atoms with Gasteiger partial charge in [0.05, 0.1) is 14.2 Å². The molecule has 5 heteroatoms. The van der Waals surface area contributed by atoms with Crippen molar-refractivity contribution in [2.75, 3.05) is 20.8 Å². The molecule has 0 amide bonds. The molecular weight excluding hydrogens is 222 g/mol. The summed E-state index contributed by atoms with van der Waals surface area (Å²) in [6.07, 6.45) is 0. The number of hydrogen-bond donors (Lipinski definition) is 2. The lowest BCUT2D eigenvalue weighted by atomic mass is 10.1. The van der Waals surface area contributed by atoms with Gasteiger partial charge in [-0.15, -0.1) is 0 Å². The van der Waals surface area contributed by atoms with Gasteiger partial charge < -0.3 is 19.9 Å². The standard InChI is InChI=1S/C12H17NO4/c1-4-13-11(12(14)15)9-6-5-8(16-2)7-10(9)17-3/h5-7,11,13H,4H2,1-3H3,(H,14,15). The summed E-state index contributed by atoms with van der Waals surface area (Å²) in [6.45, 7) is 2.41. The van der Waals surface area contributed by atoms with Gasteiger partial charge >= 0.3 is 5.97 Å². The summed E-state index contributed by atoms with van der Waals surface area (Å²) in [7, 11) is 3.05. The van der Waals surface area contributed by atoms with Crippen molar-refractivity contribution in [1.82, 2.24) is 5.32 Å². The lowest BCUT2D eigenvalue weighted by Gasteiger charge is -2.17. The quantitative estimate of drug-likeness (QED) is 0.786. The maximum atomic E-state index is 11.2. The number of likely N-dealkylation sites (N-methyl/N-ethyl adjacent to an activating group) is 1. The van der Waals surface area contributed by atoms with Gasteiger partial charge in [-0.3, -0.25) is 4.79 Å². The zero-order valence-electron chi connectivity index (χ0n) is 10.2. The summed E-state index contributed by atoms with van der Waals surface area (Å²) < 4.78 is 10.2. The van der Waals surface area contributed by atoms with Crippen molar-refractivity contribution in [3.8, 4) is 11.5 Å². The molecule has 0 aliphatic rings. The van der Waals surface area contributed by atoms with Crippen molar-refractivity contribution in [3.63, 3.8) is 0 Å². The van der Waals surface area contributed by atoms with E-state index in [4.69, 9.17) is 14.6 Å². The molecule has 0 saturated carbocycles. The van der Waals surface area contributed by atoms with Crippen LogP contribution in [-0.2, 0) is 4.79 Å². The van der Waals surface area contributed by atoms with Crippen LogP contribution < -0.4 is 14.8 Å². The largest absolute Gasteiger partial charge is 0.497 e. The van der Waals surface area contributed by atoms with E-state index in [1.54, 1.807) is 25.3 Å². The maximum Gasteiger partial charge on any atom is 0.325 e. The van der Waals surface area contributed by atoms with Crippen LogP contribution >= 0.6 is 0 Å². The molecule has 1 rings (SSSR count). The molecule has 1 atom stereocenters. The first-order valence-electron chi connectivity index (χ1n) is 5.32. The van der Waals surface area contributed by atoms with Gasteiger partial charge in [0, 0.05) is 11.6 Å². The van der Waals surface area contributed by atoms with Gasteiger partial charge in [0.2, 0.25) is 0 Å². The fourth-order valence-electron chi connectivity index (χ4n) is 1.59. The smallest absolute Gasteiger partial charge is 0.325 e. The number of carboxylic acids is 1. The van der Waals surface area contributed by atoms with E-state index in [9.17, 15) is 4.79 Å². The Morgan fingerprint density at radius 1 is 1.41 bits per heavy atom. The molecule has 0 bridgehead atoms. The van der Waals surface area contributed by atoms with Crippen molar-refractivity contribution < 1.29 is 19.4 Å². The highest BCUT2D eigenvalue weighted by Gasteiger charge is 2.22. The molecule has 5 nitrogen and oxygen atoms in total. The highest BCUT2D eigenvalue weighted by atomic mass is 16.5. The van der Waals surface area contributed by atoms with Crippen LogP contribution in [0.4, 0.5) is 0 Å². The molecule has 94 valence electrons. The average Bonchev–Trinajstić information content (AvgIpc) is 2.35. The number of nitrogens with one attached hydrogen (secondary N) is 1. The molecule has 0 saturated heterocycles. The van der Waals surface area contributed by atoms with Crippen LogP contribution in [0.5, 0.6) is 11.5 Å². The first kappa shape index (κ1) is 13.3. The minimum Gasteiger partial charge on any atom is -0.497 e. The highest BCUT2D eigenvalue weighted by molar-refractivity contribution is 5.76. The lowest BCUT2D eigenvalue weighted by molar-refractivity contribution is -0.139. The molecule has 0 spiro atoms. The first-order valence-corrected chi connectivity index (χ1v) is 5.32. The van der Waals surface area contributed by atoms with Gasteiger partial charge in [0.25, 0.3) is 0 Å². The van der Waals surface area contributed by atoms with Crippen LogP contribution in [-0.4, -0.2) is 31.8 Å². The molecule has 0 heterocycles. The fourth-order valence-corrected chi connectivity index (χ4v) is 1.59. The van der Waals surface area contributed by atoms with Crippen LogP contribution in [0.25, 0.3) is 0 Å². The third-order valence-corrected chi connectivity index (χ3v) is 2.41. The second-order valence-electron chi connectivity index (χ2n) is 3.44. The minimum absolute atomic E-state index is 0.498. The molecule has 17 heavy (non-hydrogen) atoms. The second-order valence-corrected chi connectivity index (χ2v) is 3.44. The minimum atomic E-state index is -0.935. The van der Waals surface area contributed by atoms with Gasteiger partial charge in [-0.1, -0.05) is 6.92 Å². The fraction of sp³-hybridized carbons (Fsp3) is 0.417. The zero-order valence-corrected chi connectivity index (χ0v) is 10.2. The number of hydrogen-bond acceptors (Lipinski definition) is 4. The van der Waals surface area contributed by atoms with E-state index in [0.29, 0.717) is 23.6 Å². The zero-order chi connectivity index (χ0) is 12.8. The number of carboxylic acid groups (broad SMARTS) is 1. The third-order valence-electron chi connectivity index (χ3n) is 2.41. The lowest BCUT2D eigenvalue weighted by Crippen LogP contribution is -2.28. The summed E-state index contributed by atoms with van der Waals surface area (Å²) >= 11 is 0. The van der Waals surface area contributed by atoms with Crippen LogP contribution in [0.15, 0.2) is 18.2 Å².